The van der Waals surface area contributed by atoms with Crippen molar-refractivity contribution >= 4 is 28.7 Å². The highest BCUT2D eigenvalue weighted by Gasteiger charge is 2.33. The quantitative estimate of drug-likeness (QED) is 0.642. The average molecular weight is 434 g/mol. The Kier molecular flexibility index (Phi) is 5.60. The number of aliphatic imine (C=N–C) groups is 1. The van der Waals surface area contributed by atoms with Crippen LogP contribution in [0.1, 0.15) is 30.9 Å². The smallest absolute Gasteiger partial charge is 0.273 e. The molecule has 4 rings (SSSR count). The Morgan fingerprint density at radius 2 is 1.84 bits per heavy atom. The molecule has 3 heterocycles. The standard InChI is InChI=1S/C22H27N9O/c1-7-30(8-2)15-9-10-16(13(3)11-15)24-18-19(22(32)23-5)28-31-20(25-26-21(18)31)17-12-14(4)29(6)27-17/h9-12H,7-8H2,1-6H3,(H,23,32). The maximum atomic E-state index is 12.6. The Morgan fingerprint density at radius 3 is 2.44 bits per heavy atom. The third-order valence-corrected chi connectivity index (χ3v) is 5.60. The monoisotopic (exact) mass is 433 g/mol. The molecule has 166 valence electrons. The Hall–Kier alpha value is -3.82. The average Bonchev–Trinajstić information content (AvgIpc) is 3.44. The van der Waals surface area contributed by atoms with Gasteiger partial charge in [0.2, 0.25) is 11.6 Å². The van der Waals surface area contributed by atoms with E-state index in [0.717, 1.165) is 35.7 Å². The van der Waals surface area contributed by atoms with Crippen LogP contribution in [0.15, 0.2) is 34.4 Å². The number of rotatable bonds is 6. The van der Waals surface area contributed by atoms with E-state index in [1.807, 2.05) is 39.1 Å². The van der Waals surface area contributed by atoms with Crippen LogP contribution in [0.2, 0.25) is 0 Å². The minimum absolute atomic E-state index is 0.193. The maximum absolute atomic E-state index is 12.6. The number of aromatic nitrogens is 5. The van der Waals surface area contributed by atoms with E-state index in [1.54, 1.807) is 11.7 Å². The molecule has 3 aromatic rings. The maximum Gasteiger partial charge on any atom is 0.273 e. The van der Waals surface area contributed by atoms with E-state index in [4.69, 9.17) is 4.99 Å². The fourth-order valence-corrected chi connectivity index (χ4v) is 3.65. The SMILES string of the molecule is CCN(CC)c1ccc(N=C2C(C(=O)NC)=Nn3c2nnc3-c2cc(C)n(C)n2)c(C)c1. The zero-order valence-electron chi connectivity index (χ0n) is 19.2. The Bertz CT molecular complexity index is 1220. The molecule has 0 bridgehead atoms. The topological polar surface area (TPSA) is 106 Å². The third-order valence-electron chi connectivity index (χ3n) is 5.60. The summed E-state index contributed by atoms with van der Waals surface area (Å²) in [7, 11) is 3.42. The van der Waals surface area contributed by atoms with Gasteiger partial charge in [0.05, 0.1) is 5.69 Å². The first-order valence-electron chi connectivity index (χ1n) is 10.6. The number of hydrogen-bond donors (Lipinski definition) is 1. The number of nitrogens with zero attached hydrogens (tertiary/aromatic N) is 8. The van der Waals surface area contributed by atoms with E-state index >= 15 is 0 Å². The van der Waals surface area contributed by atoms with E-state index in [2.05, 4.69) is 50.5 Å². The number of carbonyl (C=O) groups excluding carboxylic acids is 1. The molecule has 1 amide bonds. The lowest BCUT2D eigenvalue weighted by molar-refractivity contribution is -0.114. The minimum Gasteiger partial charge on any atom is -0.372 e. The number of benzene rings is 1. The van der Waals surface area contributed by atoms with Crippen molar-refractivity contribution < 1.29 is 4.79 Å². The van der Waals surface area contributed by atoms with Gasteiger partial charge in [-0.2, -0.15) is 14.9 Å². The molecule has 0 saturated carbocycles. The fourth-order valence-electron chi connectivity index (χ4n) is 3.65. The summed E-state index contributed by atoms with van der Waals surface area (Å²) in [5, 5.41) is 20.1. The van der Waals surface area contributed by atoms with Crippen LogP contribution in [0, 0.1) is 13.8 Å². The summed E-state index contributed by atoms with van der Waals surface area (Å²) in [5.74, 6) is 0.535. The molecule has 10 nitrogen and oxygen atoms in total. The number of aryl methyl sites for hydroxylation is 3. The van der Waals surface area contributed by atoms with Crippen molar-refractivity contribution in [1.29, 1.82) is 0 Å². The van der Waals surface area contributed by atoms with Gasteiger partial charge >= 0.3 is 0 Å². The molecule has 0 saturated heterocycles. The van der Waals surface area contributed by atoms with Crippen LogP contribution in [-0.2, 0) is 11.8 Å². The van der Waals surface area contributed by atoms with Crippen LogP contribution in [0.4, 0.5) is 11.4 Å². The molecule has 1 N–H and O–H groups in total. The van der Waals surface area contributed by atoms with Crippen LogP contribution < -0.4 is 10.2 Å². The van der Waals surface area contributed by atoms with E-state index < -0.39 is 0 Å². The Labute approximate surface area is 186 Å². The van der Waals surface area contributed by atoms with Crippen molar-refractivity contribution in [3.8, 4) is 11.5 Å². The largest absolute Gasteiger partial charge is 0.372 e. The molecule has 1 aromatic carbocycles. The number of amides is 1. The van der Waals surface area contributed by atoms with Crippen molar-refractivity contribution in [2.24, 2.45) is 17.1 Å². The number of anilines is 1. The van der Waals surface area contributed by atoms with Gasteiger partial charge in [0.15, 0.2) is 5.71 Å². The second-order valence-electron chi connectivity index (χ2n) is 7.58. The van der Waals surface area contributed by atoms with Gasteiger partial charge in [-0.25, -0.2) is 4.99 Å². The molecule has 10 heteroatoms. The molecule has 0 unspecified atom stereocenters. The molecule has 0 fully saturated rings. The van der Waals surface area contributed by atoms with E-state index in [-0.39, 0.29) is 11.6 Å². The number of hydrogen-bond acceptors (Lipinski definition) is 7. The van der Waals surface area contributed by atoms with Crippen molar-refractivity contribution in [2.75, 3.05) is 25.0 Å². The van der Waals surface area contributed by atoms with E-state index in [9.17, 15) is 4.79 Å². The zero-order chi connectivity index (χ0) is 23.0. The van der Waals surface area contributed by atoms with Crippen molar-refractivity contribution in [3.05, 3.63) is 41.3 Å². The molecule has 2 aromatic heterocycles. The summed E-state index contributed by atoms with van der Waals surface area (Å²) in [4.78, 5) is 19.6. The Morgan fingerprint density at radius 1 is 1.12 bits per heavy atom. The van der Waals surface area contributed by atoms with Crippen molar-refractivity contribution in [2.45, 2.75) is 27.7 Å². The molecular formula is C22H27N9O. The minimum atomic E-state index is -0.338. The van der Waals surface area contributed by atoms with Crippen LogP contribution in [-0.4, -0.2) is 62.1 Å². The van der Waals surface area contributed by atoms with Crippen LogP contribution >= 0.6 is 0 Å². The van der Waals surface area contributed by atoms with Crippen LogP contribution in [0.5, 0.6) is 0 Å². The van der Waals surface area contributed by atoms with E-state index in [1.165, 1.54) is 4.68 Å². The lowest BCUT2D eigenvalue weighted by atomic mass is 10.1. The molecule has 0 radical (unpaired) electrons. The summed E-state index contributed by atoms with van der Waals surface area (Å²) < 4.78 is 3.29. The number of carbonyl (C=O) groups is 1. The van der Waals surface area contributed by atoms with Gasteiger partial charge < -0.3 is 10.2 Å². The van der Waals surface area contributed by atoms with Gasteiger partial charge in [0, 0.05) is 38.6 Å². The number of fused-ring (bicyclic) bond motifs is 1. The molecule has 0 aliphatic carbocycles. The zero-order valence-corrected chi connectivity index (χ0v) is 19.2. The highest BCUT2D eigenvalue weighted by molar-refractivity contribution is 6.70. The van der Waals surface area contributed by atoms with Gasteiger partial charge in [-0.1, -0.05) is 0 Å². The second kappa shape index (κ2) is 8.37. The van der Waals surface area contributed by atoms with E-state index in [0.29, 0.717) is 23.1 Å². The van der Waals surface area contributed by atoms with Crippen molar-refractivity contribution in [3.63, 3.8) is 0 Å². The lowest BCUT2D eigenvalue weighted by Crippen LogP contribution is -2.32. The van der Waals surface area contributed by atoms with Gasteiger partial charge in [0.1, 0.15) is 11.4 Å². The normalized spacial score (nSPS) is 13.9. The molecule has 1 aliphatic rings. The van der Waals surface area contributed by atoms with Crippen LogP contribution in [0.25, 0.3) is 11.5 Å². The molecule has 32 heavy (non-hydrogen) atoms. The number of nitrogens with one attached hydrogen (secondary N) is 1. The lowest BCUT2D eigenvalue weighted by Gasteiger charge is -2.21. The highest BCUT2D eigenvalue weighted by Crippen LogP contribution is 2.28. The summed E-state index contributed by atoms with van der Waals surface area (Å²) in [5.41, 5.74) is 5.07. The molecule has 0 atom stereocenters. The van der Waals surface area contributed by atoms with Gasteiger partial charge in [-0.05, 0) is 57.5 Å². The Balaban J connectivity index is 1.80. The molecular weight excluding hydrogens is 406 g/mol. The summed E-state index contributed by atoms with van der Waals surface area (Å²) in [6.45, 7) is 10.1. The first-order chi connectivity index (χ1) is 15.4. The van der Waals surface area contributed by atoms with Gasteiger partial charge in [0.25, 0.3) is 5.91 Å². The molecule has 1 aliphatic heterocycles. The van der Waals surface area contributed by atoms with Gasteiger partial charge in [-0.3, -0.25) is 9.48 Å². The van der Waals surface area contributed by atoms with Gasteiger partial charge in [-0.15, -0.1) is 10.2 Å². The highest BCUT2D eigenvalue weighted by atomic mass is 16.2. The first kappa shape index (κ1) is 21.4. The summed E-state index contributed by atoms with van der Waals surface area (Å²) >= 11 is 0. The van der Waals surface area contributed by atoms with Crippen LogP contribution in [0.3, 0.4) is 0 Å². The molecule has 0 spiro atoms. The summed E-state index contributed by atoms with van der Waals surface area (Å²) in [6.07, 6.45) is 0. The fraction of sp³-hybridized carbons (Fsp3) is 0.364. The second-order valence-corrected chi connectivity index (χ2v) is 7.58. The predicted molar refractivity (Wildman–Crippen MR) is 125 cm³/mol. The summed E-state index contributed by atoms with van der Waals surface area (Å²) in [6, 6.07) is 8.00. The predicted octanol–water partition coefficient (Wildman–Crippen LogP) is 2.23. The third kappa shape index (κ3) is 3.57. The first-order valence-corrected chi connectivity index (χ1v) is 10.6. The van der Waals surface area contributed by atoms with Crippen molar-refractivity contribution in [1.82, 2.24) is 30.0 Å².